The fourth-order valence-corrected chi connectivity index (χ4v) is 3.41. The maximum Gasteiger partial charge on any atom is 0.273 e. The van der Waals surface area contributed by atoms with Crippen molar-refractivity contribution in [2.75, 3.05) is 37.8 Å². The summed E-state index contributed by atoms with van der Waals surface area (Å²) in [5, 5.41) is 10.9. The van der Waals surface area contributed by atoms with Crippen LogP contribution in [0, 0.1) is 0 Å². The number of benzene rings is 1. The second-order valence-corrected chi connectivity index (χ2v) is 6.91. The number of aromatic nitrogens is 3. The quantitative estimate of drug-likeness (QED) is 0.822. The van der Waals surface area contributed by atoms with Gasteiger partial charge in [-0.15, -0.1) is 5.10 Å². The Hall–Kier alpha value is -2.45. The number of ether oxygens (including phenoxy) is 2. The molecule has 1 N–H and O–H groups in total. The van der Waals surface area contributed by atoms with E-state index < -0.39 is 0 Å². The highest BCUT2D eigenvalue weighted by Crippen LogP contribution is 2.17. The van der Waals surface area contributed by atoms with Crippen LogP contribution in [0.15, 0.2) is 30.5 Å². The number of hydrogen-bond acceptors (Lipinski definition) is 6. The summed E-state index contributed by atoms with van der Waals surface area (Å²) in [5.41, 5.74) is 2.57. The Labute approximate surface area is 158 Å². The fourth-order valence-electron chi connectivity index (χ4n) is 3.41. The van der Waals surface area contributed by atoms with E-state index in [0.717, 1.165) is 51.3 Å². The molecule has 1 aromatic carbocycles. The van der Waals surface area contributed by atoms with Crippen LogP contribution in [-0.4, -0.2) is 59.9 Å². The molecule has 1 aromatic heterocycles. The van der Waals surface area contributed by atoms with Crippen LogP contribution < -0.4 is 10.2 Å². The van der Waals surface area contributed by atoms with E-state index in [9.17, 15) is 4.79 Å². The van der Waals surface area contributed by atoms with Crippen molar-refractivity contribution in [3.05, 3.63) is 41.7 Å². The molecule has 0 spiro atoms. The summed E-state index contributed by atoms with van der Waals surface area (Å²) in [6.45, 7) is 5.27. The first-order valence-electron chi connectivity index (χ1n) is 9.49. The number of carbonyl (C=O) groups excluding carboxylic acids is 1. The lowest BCUT2D eigenvalue weighted by Gasteiger charge is -2.28. The van der Waals surface area contributed by atoms with Crippen LogP contribution in [0.25, 0.3) is 0 Å². The minimum atomic E-state index is -0.217. The highest BCUT2D eigenvalue weighted by molar-refractivity contribution is 5.91. The monoisotopic (exact) mass is 371 g/mol. The summed E-state index contributed by atoms with van der Waals surface area (Å²) in [6.07, 6.45) is 3.96. The Morgan fingerprint density at radius 3 is 2.74 bits per heavy atom. The molecule has 0 bridgehead atoms. The van der Waals surface area contributed by atoms with Crippen molar-refractivity contribution in [1.29, 1.82) is 0 Å². The zero-order valence-corrected chi connectivity index (χ0v) is 15.3. The average molecular weight is 371 g/mol. The number of carbonyl (C=O) groups is 1. The van der Waals surface area contributed by atoms with Gasteiger partial charge in [-0.1, -0.05) is 17.3 Å². The van der Waals surface area contributed by atoms with E-state index in [1.165, 1.54) is 5.69 Å². The van der Waals surface area contributed by atoms with Gasteiger partial charge in [-0.3, -0.25) is 4.79 Å². The molecular formula is C19H25N5O3. The van der Waals surface area contributed by atoms with Crippen LogP contribution in [-0.2, 0) is 22.6 Å². The summed E-state index contributed by atoms with van der Waals surface area (Å²) >= 11 is 0. The Kier molecular flexibility index (Phi) is 5.64. The van der Waals surface area contributed by atoms with Crippen LogP contribution in [0.4, 0.5) is 5.69 Å². The molecule has 0 saturated carbocycles. The molecule has 27 heavy (non-hydrogen) atoms. The Bertz CT molecular complexity index is 749. The van der Waals surface area contributed by atoms with Gasteiger partial charge in [0.25, 0.3) is 5.91 Å². The van der Waals surface area contributed by atoms with Gasteiger partial charge in [0.15, 0.2) is 5.69 Å². The van der Waals surface area contributed by atoms with Crippen molar-refractivity contribution < 1.29 is 14.3 Å². The molecular weight excluding hydrogens is 346 g/mol. The van der Waals surface area contributed by atoms with Crippen LogP contribution in [0.1, 0.15) is 28.9 Å². The summed E-state index contributed by atoms with van der Waals surface area (Å²) in [6, 6.07) is 8.26. The van der Waals surface area contributed by atoms with Crippen molar-refractivity contribution in [3.63, 3.8) is 0 Å². The highest BCUT2D eigenvalue weighted by Gasteiger charge is 2.18. The summed E-state index contributed by atoms with van der Waals surface area (Å²) < 4.78 is 12.7. The largest absolute Gasteiger partial charge is 0.378 e. The number of amides is 1. The van der Waals surface area contributed by atoms with Gasteiger partial charge in [0.05, 0.1) is 32.1 Å². The summed E-state index contributed by atoms with van der Waals surface area (Å²) in [7, 11) is 0. The van der Waals surface area contributed by atoms with Crippen molar-refractivity contribution in [3.8, 4) is 0 Å². The summed E-state index contributed by atoms with van der Waals surface area (Å²) in [4.78, 5) is 14.6. The van der Waals surface area contributed by atoms with Crippen LogP contribution in [0.2, 0.25) is 0 Å². The first-order valence-corrected chi connectivity index (χ1v) is 9.49. The molecule has 0 unspecified atom stereocenters. The average Bonchev–Trinajstić information content (AvgIpc) is 3.40. The summed E-state index contributed by atoms with van der Waals surface area (Å²) in [5.74, 6) is -0.217. The van der Waals surface area contributed by atoms with Gasteiger partial charge in [0.2, 0.25) is 0 Å². The third-order valence-electron chi connectivity index (χ3n) is 4.95. The molecule has 0 aliphatic carbocycles. The molecule has 2 aliphatic heterocycles. The lowest BCUT2D eigenvalue weighted by molar-refractivity contribution is 0.0929. The molecule has 0 radical (unpaired) electrons. The van der Waals surface area contributed by atoms with E-state index in [0.29, 0.717) is 18.8 Å². The minimum absolute atomic E-state index is 0.174. The molecule has 2 aliphatic rings. The zero-order valence-electron chi connectivity index (χ0n) is 15.3. The first-order chi connectivity index (χ1) is 13.3. The number of nitrogens with zero attached hydrogens (tertiary/aromatic N) is 4. The second-order valence-electron chi connectivity index (χ2n) is 6.91. The third-order valence-corrected chi connectivity index (χ3v) is 4.95. The maximum absolute atomic E-state index is 12.3. The van der Waals surface area contributed by atoms with Crippen molar-refractivity contribution in [2.45, 2.75) is 32.0 Å². The van der Waals surface area contributed by atoms with Crippen LogP contribution >= 0.6 is 0 Å². The number of morpholine rings is 1. The molecule has 8 nitrogen and oxygen atoms in total. The van der Waals surface area contributed by atoms with E-state index in [2.05, 4.69) is 32.7 Å². The van der Waals surface area contributed by atoms with Crippen molar-refractivity contribution in [2.24, 2.45) is 0 Å². The van der Waals surface area contributed by atoms with Crippen LogP contribution in [0.3, 0.4) is 0 Å². The van der Waals surface area contributed by atoms with Crippen molar-refractivity contribution in [1.82, 2.24) is 20.3 Å². The zero-order chi connectivity index (χ0) is 18.5. The number of rotatable bonds is 6. The molecule has 3 heterocycles. The lowest BCUT2D eigenvalue weighted by Crippen LogP contribution is -2.36. The Morgan fingerprint density at radius 1 is 1.19 bits per heavy atom. The maximum atomic E-state index is 12.3. The van der Waals surface area contributed by atoms with Gasteiger partial charge < -0.3 is 19.7 Å². The molecule has 2 fully saturated rings. The number of hydrogen-bond donors (Lipinski definition) is 1. The van der Waals surface area contributed by atoms with Gasteiger partial charge in [-0.2, -0.15) is 0 Å². The van der Waals surface area contributed by atoms with Gasteiger partial charge in [0.1, 0.15) is 0 Å². The topological polar surface area (TPSA) is 81.5 Å². The highest BCUT2D eigenvalue weighted by atomic mass is 16.5. The second kappa shape index (κ2) is 8.49. The Balaban J connectivity index is 1.28. The number of nitrogens with one attached hydrogen (secondary N) is 1. The smallest absolute Gasteiger partial charge is 0.273 e. The molecule has 2 saturated heterocycles. The molecule has 1 amide bonds. The molecule has 4 rings (SSSR count). The molecule has 144 valence electrons. The SMILES string of the molecule is O=C(NCc1ccc(N2CCOCC2)cc1)c1cn(C[C@@H]2CCCO2)nn1. The van der Waals surface area contributed by atoms with Gasteiger partial charge in [0, 0.05) is 31.9 Å². The van der Waals surface area contributed by atoms with Gasteiger partial charge in [-0.05, 0) is 30.5 Å². The van der Waals surface area contributed by atoms with Crippen molar-refractivity contribution >= 4 is 11.6 Å². The van der Waals surface area contributed by atoms with Gasteiger partial charge in [-0.25, -0.2) is 4.68 Å². The first kappa shape index (κ1) is 17.9. The van der Waals surface area contributed by atoms with E-state index in [1.807, 2.05) is 12.1 Å². The van der Waals surface area contributed by atoms with Crippen LogP contribution in [0.5, 0.6) is 0 Å². The minimum Gasteiger partial charge on any atom is -0.378 e. The third kappa shape index (κ3) is 4.64. The lowest BCUT2D eigenvalue weighted by atomic mass is 10.2. The van der Waals surface area contributed by atoms with Gasteiger partial charge >= 0.3 is 0 Å². The van der Waals surface area contributed by atoms with E-state index in [4.69, 9.17) is 9.47 Å². The normalized spacial score (nSPS) is 20.0. The molecule has 2 aromatic rings. The fraction of sp³-hybridized carbons (Fsp3) is 0.526. The molecule has 1 atom stereocenters. The molecule has 8 heteroatoms. The Morgan fingerprint density at radius 2 is 2.00 bits per heavy atom. The van der Waals surface area contributed by atoms with E-state index >= 15 is 0 Å². The number of anilines is 1. The predicted molar refractivity (Wildman–Crippen MR) is 99.6 cm³/mol. The van der Waals surface area contributed by atoms with E-state index in [-0.39, 0.29) is 12.0 Å². The predicted octanol–water partition coefficient (Wildman–Crippen LogP) is 1.22. The van der Waals surface area contributed by atoms with E-state index in [1.54, 1.807) is 10.9 Å². The standard InChI is InChI=1S/C19H25N5O3/c25-19(18-14-24(22-21-18)13-17-2-1-9-27-17)20-12-15-3-5-16(6-4-15)23-7-10-26-11-8-23/h3-6,14,17H,1-2,7-13H2,(H,20,25)/t17-/m0/s1.